The molecule has 0 fully saturated rings. The summed E-state index contributed by atoms with van der Waals surface area (Å²) in [6.07, 6.45) is 1.21. The Kier molecular flexibility index (Phi) is 4.31. The lowest BCUT2D eigenvalue weighted by Crippen LogP contribution is -2.37. The van der Waals surface area contributed by atoms with E-state index >= 15 is 0 Å². The van der Waals surface area contributed by atoms with Crippen LogP contribution in [0.2, 0.25) is 0 Å². The predicted molar refractivity (Wildman–Crippen MR) is 91.9 cm³/mol. The van der Waals surface area contributed by atoms with Gasteiger partial charge in [0.15, 0.2) is 11.2 Å². The number of halogens is 1. The van der Waals surface area contributed by atoms with Crippen LogP contribution >= 0.6 is 0 Å². The van der Waals surface area contributed by atoms with E-state index < -0.39 is 40.1 Å². The summed E-state index contributed by atoms with van der Waals surface area (Å²) >= 11 is 0. The molecule has 0 saturated heterocycles. The lowest BCUT2D eigenvalue weighted by molar-refractivity contribution is -0.384. The van der Waals surface area contributed by atoms with Gasteiger partial charge in [-0.15, -0.1) is 0 Å². The van der Waals surface area contributed by atoms with Crippen molar-refractivity contribution in [2.75, 3.05) is 5.32 Å². The average molecular weight is 376 g/mol. The molecule has 2 aromatic heterocycles. The SMILES string of the molecule is Cn1c(=O)c2c(ncn2CC(=O)Nc2ccc(F)cc2[N+](=O)[O-])n(C)c1=O. The fourth-order valence-electron chi connectivity index (χ4n) is 2.62. The lowest BCUT2D eigenvalue weighted by atomic mass is 10.2. The summed E-state index contributed by atoms with van der Waals surface area (Å²) in [6, 6.07) is 2.73. The number of nitrogens with zero attached hydrogens (tertiary/aromatic N) is 5. The zero-order valence-electron chi connectivity index (χ0n) is 14.2. The summed E-state index contributed by atoms with van der Waals surface area (Å²) in [4.78, 5) is 50.7. The molecule has 12 heteroatoms. The van der Waals surface area contributed by atoms with Gasteiger partial charge in [-0.1, -0.05) is 0 Å². The van der Waals surface area contributed by atoms with E-state index in [1.807, 2.05) is 0 Å². The molecule has 0 bridgehead atoms. The maximum Gasteiger partial charge on any atom is 0.332 e. The van der Waals surface area contributed by atoms with Gasteiger partial charge in [-0.2, -0.15) is 0 Å². The molecule has 3 aromatic rings. The first-order valence-electron chi connectivity index (χ1n) is 7.55. The van der Waals surface area contributed by atoms with E-state index in [0.29, 0.717) is 6.07 Å². The maximum atomic E-state index is 13.2. The van der Waals surface area contributed by atoms with E-state index in [2.05, 4.69) is 10.3 Å². The van der Waals surface area contributed by atoms with E-state index in [0.717, 1.165) is 21.3 Å². The second-order valence-corrected chi connectivity index (χ2v) is 5.72. The molecule has 0 radical (unpaired) electrons. The predicted octanol–water partition coefficient (Wildman–Crippen LogP) is 0.120. The Labute approximate surface area is 149 Å². The fraction of sp³-hybridized carbons (Fsp3) is 0.200. The standard InChI is InChI=1S/C15H13FN6O5/c1-19-13-12(14(24)20(2)15(19)25)21(7-17-13)6-11(23)18-9-4-3-8(16)5-10(9)22(26)27/h3-5,7H,6H2,1-2H3,(H,18,23). The van der Waals surface area contributed by atoms with Gasteiger partial charge in [-0.3, -0.25) is 28.8 Å². The van der Waals surface area contributed by atoms with Crippen molar-refractivity contribution in [3.63, 3.8) is 0 Å². The highest BCUT2D eigenvalue weighted by Crippen LogP contribution is 2.25. The molecule has 140 valence electrons. The zero-order valence-corrected chi connectivity index (χ0v) is 14.2. The number of rotatable bonds is 4. The summed E-state index contributed by atoms with van der Waals surface area (Å²) in [6.45, 7) is -0.390. The minimum atomic E-state index is -0.823. The molecule has 1 aromatic carbocycles. The number of hydrogen-bond donors (Lipinski definition) is 1. The van der Waals surface area contributed by atoms with Crippen LogP contribution in [0, 0.1) is 15.9 Å². The molecule has 0 saturated carbocycles. The Morgan fingerprint density at radius 3 is 2.67 bits per heavy atom. The Hall–Kier alpha value is -3.83. The summed E-state index contributed by atoms with van der Waals surface area (Å²) in [5, 5.41) is 13.3. The number of nitro groups is 1. The molecule has 1 N–H and O–H groups in total. The van der Waals surface area contributed by atoms with Crippen LogP contribution in [-0.4, -0.2) is 29.5 Å². The molecule has 0 spiro atoms. The Balaban J connectivity index is 1.96. The fourth-order valence-corrected chi connectivity index (χ4v) is 2.62. The largest absolute Gasteiger partial charge is 0.332 e. The zero-order chi connectivity index (χ0) is 19.9. The van der Waals surface area contributed by atoms with Gasteiger partial charge in [0.05, 0.1) is 17.3 Å². The number of imidazole rings is 1. The first kappa shape index (κ1) is 18.0. The maximum absolute atomic E-state index is 13.2. The Morgan fingerprint density at radius 1 is 1.30 bits per heavy atom. The average Bonchev–Trinajstić information content (AvgIpc) is 3.03. The third-order valence-corrected chi connectivity index (χ3v) is 3.96. The van der Waals surface area contributed by atoms with Crippen molar-refractivity contribution in [3.05, 3.63) is 61.3 Å². The summed E-state index contributed by atoms with van der Waals surface area (Å²) < 4.78 is 16.4. The first-order chi connectivity index (χ1) is 12.7. The minimum Gasteiger partial charge on any atom is -0.319 e. The van der Waals surface area contributed by atoms with Gasteiger partial charge in [0.25, 0.3) is 11.2 Å². The van der Waals surface area contributed by atoms with Crippen molar-refractivity contribution in [1.29, 1.82) is 0 Å². The Morgan fingerprint density at radius 2 is 2.00 bits per heavy atom. The number of nitro benzene ring substituents is 1. The molecule has 0 aliphatic carbocycles. The van der Waals surface area contributed by atoms with Gasteiger partial charge in [0.2, 0.25) is 5.91 Å². The van der Waals surface area contributed by atoms with E-state index in [9.17, 15) is 28.9 Å². The molecule has 11 nitrogen and oxygen atoms in total. The summed E-state index contributed by atoms with van der Waals surface area (Å²) in [7, 11) is 2.73. The number of hydrogen-bond acceptors (Lipinski definition) is 6. The number of benzene rings is 1. The highest BCUT2D eigenvalue weighted by molar-refractivity contribution is 5.93. The number of aromatic nitrogens is 4. The molecular weight excluding hydrogens is 363 g/mol. The Bertz CT molecular complexity index is 1210. The number of carbonyl (C=O) groups excluding carboxylic acids is 1. The minimum absolute atomic E-state index is 0.0309. The molecule has 3 rings (SSSR count). The van der Waals surface area contributed by atoms with E-state index in [1.54, 1.807) is 0 Å². The number of nitrogens with one attached hydrogen (secondary N) is 1. The second kappa shape index (κ2) is 6.48. The van der Waals surface area contributed by atoms with Crippen molar-refractivity contribution in [1.82, 2.24) is 18.7 Å². The second-order valence-electron chi connectivity index (χ2n) is 5.72. The number of fused-ring (bicyclic) bond motifs is 1. The van der Waals surface area contributed by atoms with Crippen LogP contribution in [0.5, 0.6) is 0 Å². The van der Waals surface area contributed by atoms with Crippen LogP contribution in [0.4, 0.5) is 15.8 Å². The normalized spacial score (nSPS) is 10.9. The van der Waals surface area contributed by atoms with E-state index in [4.69, 9.17) is 0 Å². The molecule has 27 heavy (non-hydrogen) atoms. The highest BCUT2D eigenvalue weighted by Gasteiger charge is 2.19. The summed E-state index contributed by atoms with van der Waals surface area (Å²) in [5.41, 5.74) is -1.85. The monoisotopic (exact) mass is 376 g/mol. The number of amides is 1. The van der Waals surface area contributed by atoms with Crippen molar-refractivity contribution in [2.45, 2.75) is 6.54 Å². The third-order valence-electron chi connectivity index (χ3n) is 3.96. The van der Waals surface area contributed by atoms with Crippen molar-refractivity contribution in [2.24, 2.45) is 14.1 Å². The van der Waals surface area contributed by atoms with E-state index in [1.165, 1.54) is 25.0 Å². The molecule has 0 atom stereocenters. The van der Waals surface area contributed by atoms with Gasteiger partial charge in [0.1, 0.15) is 18.0 Å². The van der Waals surface area contributed by atoms with Gasteiger partial charge < -0.3 is 9.88 Å². The topological polar surface area (TPSA) is 134 Å². The molecule has 1 amide bonds. The third kappa shape index (κ3) is 3.07. The van der Waals surface area contributed by atoms with Gasteiger partial charge in [0, 0.05) is 14.1 Å². The van der Waals surface area contributed by atoms with Crippen LogP contribution in [-0.2, 0) is 25.4 Å². The number of carbonyl (C=O) groups is 1. The van der Waals surface area contributed by atoms with Crippen LogP contribution in [0.25, 0.3) is 11.2 Å². The molecule has 0 unspecified atom stereocenters. The van der Waals surface area contributed by atoms with Gasteiger partial charge in [-0.05, 0) is 12.1 Å². The van der Waals surface area contributed by atoms with Crippen molar-refractivity contribution < 1.29 is 14.1 Å². The molecule has 2 heterocycles. The first-order valence-corrected chi connectivity index (χ1v) is 7.55. The van der Waals surface area contributed by atoms with Crippen LogP contribution in [0.1, 0.15) is 0 Å². The van der Waals surface area contributed by atoms with E-state index in [-0.39, 0.29) is 16.9 Å². The molecule has 0 aliphatic rings. The van der Waals surface area contributed by atoms with Crippen LogP contribution in [0.3, 0.4) is 0 Å². The van der Waals surface area contributed by atoms with Crippen molar-refractivity contribution >= 4 is 28.4 Å². The number of aryl methyl sites for hydroxylation is 1. The number of anilines is 1. The van der Waals surface area contributed by atoms with Crippen LogP contribution in [0.15, 0.2) is 34.1 Å². The molecular formula is C15H13FN6O5. The summed E-state index contributed by atoms with van der Waals surface area (Å²) in [5.74, 6) is -1.51. The quantitative estimate of drug-likeness (QED) is 0.508. The van der Waals surface area contributed by atoms with Crippen LogP contribution < -0.4 is 16.6 Å². The van der Waals surface area contributed by atoms with Gasteiger partial charge >= 0.3 is 5.69 Å². The molecule has 0 aliphatic heterocycles. The highest BCUT2D eigenvalue weighted by atomic mass is 19.1. The van der Waals surface area contributed by atoms with Gasteiger partial charge in [-0.25, -0.2) is 14.2 Å². The smallest absolute Gasteiger partial charge is 0.319 e. The van der Waals surface area contributed by atoms with Crippen molar-refractivity contribution in [3.8, 4) is 0 Å². The lowest BCUT2D eigenvalue weighted by Gasteiger charge is -2.08.